The van der Waals surface area contributed by atoms with Gasteiger partial charge in [-0.1, -0.05) is 33.8 Å². The van der Waals surface area contributed by atoms with Gasteiger partial charge in [0, 0.05) is 42.4 Å². The predicted octanol–water partition coefficient (Wildman–Crippen LogP) is 3.30. The fraction of sp³-hybridized carbons (Fsp3) is 0.706. The Morgan fingerprint density at radius 1 is 1.33 bits per heavy atom. The van der Waals surface area contributed by atoms with E-state index in [1.807, 2.05) is 6.20 Å². The third-order valence-corrected chi connectivity index (χ3v) is 5.29. The molecule has 1 aliphatic rings. The predicted molar refractivity (Wildman–Crippen MR) is 92.6 cm³/mol. The molecule has 0 unspecified atom stereocenters. The molecule has 0 saturated carbocycles. The fourth-order valence-electron chi connectivity index (χ4n) is 2.42. The first-order valence-corrected chi connectivity index (χ1v) is 8.97. The van der Waals surface area contributed by atoms with Crippen molar-refractivity contribution in [2.24, 2.45) is 0 Å². The average molecular weight is 308 g/mol. The van der Waals surface area contributed by atoms with E-state index in [1.54, 1.807) is 0 Å². The molecule has 1 saturated heterocycles. The van der Waals surface area contributed by atoms with Crippen molar-refractivity contribution in [2.75, 3.05) is 18.8 Å². The number of hydrogen-bond acceptors (Lipinski definition) is 4. The van der Waals surface area contributed by atoms with Crippen LogP contribution in [0.15, 0.2) is 18.3 Å². The SMILES string of the molecule is CC(C)NCc1ccc(CN2CCSC(C)(C)CC2)nc1. The van der Waals surface area contributed by atoms with E-state index in [1.165, 1.54) is 36.5 Å². The van der Waals surface area contributed by atoms with Crippen LogP contribution in [0, 0.1) is 0 Å². The van der Waals surface area contributed by atoms with Crippen molar-refractivity contribution in [3.05, 3.63) is 29.6 Å². The summed E-state index contributed by atoms with van der Waals surface area (Å²) in [4.78, 5) is 7.17. The van der Waals surface area contributed by atoms with E-state index in [9.17, 15) is 0 Å². The molecule has 0 radical (unpaired) electrons. The van der Waals surface area contributed by atoms with Crippen LogP contribution in [0.1, 0.15) is 45.4 Å². The maximum Gasteiger partial charge on any atom is 0.0544 e. The molecule has 1 N–H and O–H groups in total. The second-order valence-electron chi connectivity index (χ2n) is 6.83. The lowest BCUT2D eigenvalue weighted by molar-refractivity contribution is 0.273. The van der Waals surface area contributed by atoms with E-state index in [4.69, 9.17) is 0 Å². The monoisotopic (exact) mass is 307 g/mol. The molecule has 1 aliphatic heterocycles. The van der Waals surface area contributed by atoms with Gasteiger partial charge in [0.25, 0.3) is 0 Å². The Balaban J connectivity index is 1.85. The van der Waals surface area contributed by atoms with Crippen molar-refractivity contribution in [1.82, 2.24) is 15.2 Å². The minimum atomic E-state index is 0.425. The van der Waals surface area contributed by atoms with Crippen LogP contribution in [0.25, 0.3) is 0 Å². The minimum Gasteiger partial charge on any atom is -0.310 e. The first kappa shape index (κ1) is 16.8. The molecular weight excluding hydrogens is 278 g/mol. The van der Waals surface area contributed by atoms with Gasteiger partial charge in [0.1, 0.15) is 0 Å². The third-order valence-electron chi connectivity index (χ3n) is 3.92. The van der Waals surface area contributed by atoms with Gasteiger partial charge in [-0.3, -0.25) is 9.88 Å². The van der Waals surface area contributed by atoms with Crippen LogP contribution in [-0.2, 0) is 13.1 Å². The van der Waals surface area contributed by atoms with Crippen molar-refractivity contribution >= 4 is 11.8 Å². The molecule has 2 heterocycles. The zero-order chi connectivity index (χ0) is 15.3. The van der Waals surface area contributed by atoms with Crippen LogP contribution in [0.3, 0.4) is 0 Å². The normalized spacial score (nSPS) is 19.7. The van der Waals surface area contributed by atoms with Gasteiger partial charge in [0.15, 0.2) is 0 Å². The Kier molecular flexibility index (Phi) is 6.08. The Morgan fingerprint density at radius 3 is 2.81 bits per heavy atom. The molecule has 3 nitrogen and oxygen atoms in total. The van der Waals surface area contributed by atoms with Crippen molar-refractivity contribution in [1.29, 1.82) is 0 Å². The number of nitrogens with zero attached hydrogens (tertiary/aromatic N) is 2. The molecule has 118 valence electrons. The summed E-state index contributed by atoms with van der Waals surface area (Å²) in [6, 6.07) is 4.90. The zero-order valence-corrected chi connectivity index (χ0v) is 14.7. The lowest BCUT2D eigenvalue weighted by atomic mass is 10.1. The summed E-state index contributed by atoms with van der Waals surface area (Å²) in [5.74, 6) is 1.23. The number of pyridine rings is 1. The maximum absolute atomic E-state index is 4.63. The first-order chi connectivity index (χ1) is 9.94. The van der Waals surface area contributed by atoms with Gasteiger partial charge in [-0.05, 0) is 24.6 Å². The molecule has 0 bridgehead atoms. The van der Waals surface area contributed by atoms with Gasteiger partial charge in [0.2, 0.25) is 0 Å². The second kappa shape index (κ2) is 7.61. The summed E-state index contributed by atoms with van der Waals surface area (Å²) >= 11 is 2.10. The van der Waals surface area contributed by atoms with Crippen LogP contribution in [-0.4, -0.2) is 39.5 Å². The van der Waals surface area contributed by atoms with Crippen molar-refractivity contribution in [3.63, 3.8) is 0 Å². The Hall–Kier alpha value is -0.580. The molecule has 1 aromatic heterocycles. The number of nitrogens with one attached hydrogen (secondary N) is 1. The van der Waals surface area contributed by atoms with Gasteiger partial charge < -0.3 is 5.32 Å². The van der Waals surface area contributed by atoms with Crippen molar-refractivity contribution < 1.29 is 0 Å². The largest absolute Gasteiger partial charge is 0.310 e. The maximum atomic E-state index is 4.63. The van der Waals surface area contributed by atoms with E-state index >= 15 is 0 Å². The summed E-state index contributed by atoms with van der Waals surface area (Å²) in [6.45, 7) is 13.3. The van der Waals surface area contributed by atoms with E-state index in [2.05, 4.69) is 66.8 Å². The van der Waals surface area contributed by atoms with Gasteiger partial charge in [-0.2, -0.15) is 11.8 Å². The summed E-state index contributed by atoms with van der Waals surface area (Å²) in [5.41, 5.74) is 2.45. The molecule has 1 aromatic rings. The van der Waals surface area contributed by atoms with Gasteiger partial charge in [-0.25, -0.2) is 0 Å². The van der Waals surface area contributed by atoms with Crippen LogP contribution < -0.4 is 5.32 Å². The molecule has 4 heteroatoms. The van der Waals surface area contributed by atoms with E-state index in [0.29, 0.717) is 10.8 Å². The van der Waals surface area contributed by atoms with Gasteiger partial charge in [0.05, 0.1) is 5.69 Å². The molecule has 2 rings (SSSR count). The lowest BCUT2D eigenvalue weighted by Gasteiger charge is -2.22. The van der Waals surface area contributed by atoms with E-state index in [-0.39, 0.29) is 0 Å². The van der Waals surface area contributed by atoms with Crippen molar-refractivity contribution in [2.45, 2.75) is 58.0 Å². The smallest absolute Gasteiger partial charge is 0.0544 e. The van der Waals surface area contributed by atoms with Crippen LogP contribution in [0.2, 0.25) is 0 Å². The number of hydrogen-bond donors (Lipinski definition) is 1. The van der Waals surface area contributed by atoms with Gasteiger partial charge in [-0.15, -0.1) is 0 Å². The molecule has 1 fully saturated rings. The summed E-state index contributed by atoms with van der Waals surface area (Å²) in [5, 5.41) is 3.43. The Labute approximate surface area is 133 Å². The van der Waals surface area contributed by atoms with Crippen LogP contribution in [0.4, 0.5) is 0 Å². The molecular formula is C17H29N3S. The molecule has 21 heavy (non-hydrogen) atoms. The number of rotatable bonds is 5. The highest BCUT2D eigenvalue weighted by molar-refractivity contribution is 8.00. The highest BCUT2D eigenvalue weighted by atomic mass is 32.2. The molecule has 0 atom stereocenters. The number of thioether (sulfide) groups is 1. The van der Waals surface area contributed by atoms with E-state index < -0.39 is 0 Å². The van der Waals surface area contributed by atoms with Crippen molar-refractivity contribution in [3.8, 4) is 0 Å². The molecule has 0 amide bonds. The van der Waals surface area contributed by atoms with Gasteiger partial charge >= 0.3 is 0 Å². The second-order valence-corrected chi connectivity index (χ2v) is 8.63. The molecule has 0 aromatic carbocycles. The quantitative estimate of drug-likeness (QED) is 0.903. The third kappa shape index (κ3) is 5.97. The summed E-state index contributed by atoms with van der Waals surface area (Å²) in [7, 11) is 0. The lowest BCUT2D eigenvalue weighted by Crippen LogP contribution is -2.27. The minimum absolute atomic E-state index is 0.425. The standard InChI is InChI=1S/C17H29N3S/c1-14(2)18-11-15-5-6-16(19-12-15)13-20-8-7-17(3,4)21-10-9-20/h5-6,12,14,18H,7-11,13H2,1-4H3. The number of aromatic nitrogens is 1. The molecule has 0 aliphatic carbocycles. The Morgan fingerprint density at radius 2 is 2.14 bits per heavy atom. The molecule has 0 spiro atoms. The fourth-order valence-corrected chi connectivity index (χ4v) is 3.56. The van der Waals surface area contributed by atoms with Crippen LogP contribution >= 0.6 is 11.8 Å². The highest BCUT2D eigenvalue weighted by Crippen LogP contribution is 2.30. The van der Waals surface area contributed by atoms with Crippen LogP contribution in [0.5, 0.6) is 0 Å². The Bertz CT molecular complexity index is 428. The zero-order valence-electron chi connectivity index (χ0n) is 13.9. The van der Waals surface area contributed by atoms with E-state index in [0.717, 1.165) is 13.1 Å². The summed E-state index contributed by atoms with van der Waals surface area (Å²) in [6.07, 6.45) is 3.27. The topological polar surface area (TPSA) is 28.2 Å². The summed E-state index contributed by atoms with van der Waals surface area (Å²) < 4.78 is 0.425. The highest BCUT2D eigenvalue weighted by Gasteiger charge is 2.23. The average Bonchev–Trinajstić information content (AvgIpc) is 2.59. The first-order valence-electron chi connectivity index (χ1n) is 7.98.